The van der Waals surface area contributed by atoms with Crippen LogP contribution in [0.2, 0.25) is 0 Å². The summed E-state index contributed by atoms with van der Waals surface area (Å²) < 4.78 is 37.4. The van der Waals surface area contributed by atoms with E-state index < -0.39 is 10.0 Å². The average molecular weight is 370 g/mol. The molecule has 0 spiro atoms. The van der Waals surface area contributed by atoms with Crippen LogP contribution in [0, 0.1) is 5.92 Å². The lowest BCUT2D eigenvalue weighted by atomic mass is 10.1. The van der Waals surface area contributed by atoms with E-state index in [4.69, 9.17) is 9.47 Å². The molecule has 2 rings (SSSR count). The summed E-state index contributed by atoms with van der Waals surface area (Å²) in [6.45, 7) is 5.27. The summed E-state index contributed by atoms with van der Waals surface area (Å²) in [5.41, 5.74) is 0.366. The highest BCUT2D eigenvalue weighted by molar-refractivity contribution is 7.89. The normalized spacial score (nSPS) is 17.1. The molecule has 1 fully saturated rings. The number of sulfonamides is 1. The summed E-state index contributed by atoms with van der Waals surface area (Å²) in [6.07, 6.45) is 1.66. The number of morpholine rings is 1. The van der Waals surface area contributed by atoms with Crippen LogP contribution in [-0.2, 0) is 19.6 Å². The summed E-state index contributed by atoms with van der Waals surface area (Å²) in [5, 5.41) is 2.79. The number of nitrogens with zero attached hydrogens (tertiary/aromatic N) is 1. The first kappa shape index (κ1) is 19.7. The summed E-state index contributed by atoms with van der Waals surface area (Å²) in [7, 11) is -2.15. The number of benzene rings is 1. The summed E-state index contributed by atoms with van der Waals surface area (Å²) >= 11 is 0. The Morgan fingerprint density at radius 3 is 2.64 bits per heavy atom. The second-order valence-electron chi connectivity index (χ2n) is 6.06. The van der Waals surface area contributed by atoms with E-state index in [9.17, 15) is 13.2 Å². The van der Waals surface area contributed by atoms with Crippen molar-refractivity contribution in [2.75, 3.05) is 38.7 Å². The molecule has 25 heavy (non-hydrogen) atoms. The van der Waals surface area contributed by atoms with Crippen LogP contribution in [0.4, 0.5) is 5.69 Å². The third-order valence-electron chi connectivity index (χ3n) is 4.21. The number of carbonyl (C=O) groups excluding carboxylic acids is 1. The largest absolute Gasteiger partial charge is 0.495 e. The Morgan fingerprint density at radius 2 is 2.04 bits per heavy atom. The molecule has 1 N–H and O–H groups in total. The number of hydrogen-bond acceptors (Lipinski definition) is 5. The van der Waals surface area contributed by atoms with Gasteiger partial charge in [0.05, 0.1) is 30.9 Å². The van der Waals surface area contributed by atoms with Crippen molar-refractivity contribution >= 4 is 21.6 Å². The van der Waals surface area contributed by atoms with Crippen LogP contribution in [0.1, 0.15) is 26.7 Å². The number of nitrogens with one attached hydrogen (secondary N) is 1. The molecule has 1 saturated heterocycles. The number of rotatable bonds is 7. The fourth-order valence-corrected chi connectivity index (χ4v) is 4.14. The van der Waals surface area contributed by atoms with Crippen molar-refractivity contribution in [3.63, 3.8) is 0 Å². The average Bonchev–Trinajstić information content (AvgIpc) is 2.62. The van der Waals surface area contributed by atoms with Gasteiger partial charge in [0, 0.05) is 19.0 Å². The van der Waals surface area contributed by atoms with Crippen molar-refractivity contribution in [3.8, 4) is 5.75 Å². The van der Waals surface area contributed by atoms with Gasteiger partial charge in [0.2, 0.25) is 15.9 Å². The molecule has 1 aliphatic rings. The Kier molecular flexibility index (Phi) is 6.80. The van der Waals surface area contributed by atoms with Gasteiger partial charge in [-0.2, -0.15) is 4.31 Å². The van der Waals surface area contributed by atoms with E-state index in [1.165, 1.54) is 23.5 Å². The Labute approximate surface area is 149 Å². The number of carbonyl (C=O) groups is 1. The number of methoxy groups -OCH3 is 1. The zero-order valence-corrected chi connectivity index (χ0v) is 15.8. The number of ether oxygens (including phenoxy) is 2. The van der Waals surface area contributed by atoms with Gasteiger partial charge >= 0.3 is 0 Å². The lowest BCUT2D eigenvalue weighted by Gasteiger charge is -2.26. The zero-order chi connectivity index (χ0) is 18.4. The van der Waals surface area contributed by atoms with Crippen LogP contribution in [0.5, 0.6) is 5.75 Å². The van der Waals surface area contributed by atoms with E-state index in [-0.39, 0.29) is 16.7 Å². The fraction of sp³-hybridized carbons (Fsp3) is 0.588. The molecule has 0 radical (unpaired) electrons. The minimum absolute atomic E-state index is 0.133. The molecule has 7 nitrogen and oxygen atoms in total. The Hall–Kier alpha value is -1.64. The first-order valence-electron chi connectivity index (χ1n) is 8.47. The van der Waals surface area contributed by atoms with Crippen LogP contribution in [0.15, 0.2) is 23.1 Å². The van der Waals surface area contributed by atoms with Crippen LogP contribution >= 0.6 is 0 Å². The van der Waals surface area contributed by atoms with Gasteiger partial charge in [-0.3, -0.25) is 4.79 Å². The molecule has 1 aromatic rings. The second-order valence-corrected chi connectivity index (χ2v) is 8.00. The van der Waals surface area contributed by atoms with E-state index in [2.05, 4.69) is 5.32 Å². The van der Waals surface area contributed by atoms with Crippen molar-refractivity contribution < 1.29 is 22.7 Å². The van der Waals surface area contributed by atoms with Gasteiger partial charge in [-0.25, -0.2) is 8.42 Å². The van der Waals surface area contributed by atoms with Gasteiger partial charge in [-0.1, -0.05) is 20.3 Å². The standard InChI is InChI=1S/C17H26N2O5S/c1-4-5-13(2)17(20)18-15-12-14(6-7-16(15)23-3)25(21,22)19-8-10-24-11-9-19/h6-7,12-13H,4-5,8-11H2,1-3H3,(H,18,20)/t13-/m0/s1. The highest BCUT2D eigenvalue weighted by Crippen LogP contribution is 2.29. The summed E-state index contributed by atoms with van der Waals surface area (Å²) in [5.74, 6) is 0.119. The Bertz CT molecular complexity index is 699. The Balaban J connectivity index is 2.28. The van der Waals surface area contributed by atoms with Crippen LogP contribution in [0.25, 0.3) is 0 Å². The molecule has 1 heterocycles. The van der Waals surface area contributed by atoms with Crippen molar-refractivity contribution in [1.29, 1.82) is 0 Å². The van der Waals surface area contributed by atoms with Crippen molar-refractivity contribution in [2.45, 2.75) is 31.6 Å². The predicted molar refractivity (Wildman–Crippen MR) is 95.3 cm³/mol. The van der Waals surface area contributed by atoms with E-state index in [0.29, 0.717) is 37.7 Å². The highest BCUT2D eigenvalue weighted by atomic mass is 32.2. The van der Waals surface area contributed by atoms with Crippen LogP contribution in [0.3, 0.4) is 0 Å². The maximum absolute atomic E-state index is 12.8. The van der Waals surface area contributed by atoms with E-state index in [1.807, 2.05) is 13.8 Å². The van der Waals surface area contributed by atoms with Gasteiger partial charge in [-0.15, -0.1) is 0 Å². The minimum atomic E-state index is -3.63. The SMILES string of the molecule is CCC[C@H](C)C(=O)Nc1cc(S(=O)(=O)N2CCOCC2)ccc1OC. The Morgan fingerprint density at radius 1 is 1.36 bits per heavy atom. The summed E-state index contributed by atoms with van der Waals surface area (Å²) in [6, 6.07) is 4.52. The molecule has 0 aliphatic carbocycles. The third-order valence-corrected chi connectivity index (χ3v) is 6.10. The van der Waals surface area contributed by atoms with Gasteiger partial charge in [0.1, 0.15) is 5.75 Å². The predicted octanol–water partition coefficient (Wildman–Crippen LogP) is 2.09. The fourth-order valence-electron chi connectivity index (χ4n) is 2.70. The molecule has 8 heteroatoms. The smallest absolute Gasteiger partial charge is 0.243 e. The monoisotopic (exact) mass is 370 g/mol. The first-order valence-corrected chi connectivity index (χ1v) is 9.91. The molecule has 0 aromatic heterocycles. The van der Waals surface area contributed by atoms with Gasteiger partial charge in [0.15, 0.2) is 0 Å². The molecular formula is C17H26N2O5S. The molecule has 1 aromatic carbocycles. The zero-order valence-electron chi connectivity index (χ0n) is 14.9. The summed E-state index contributed by atoms with van der Waals surface area (Å²) in [4.78, 5) is 12.4. The molecule has 0 unspecified atom stereocenters. The van der Waals surface area contributed by atoms with Crippen molar-refractivity contribution in [3.05, 3.63) is 18.2 Å². The second kappa shape index (κ2) is 8.64. The van der Waals surface area contributed by atoms with E-state index >= 15 is 0 Å². The molecule has 1 atom stereocenters. The number of hydrogen-bond donors (Lipinski definition) is 1. The molecular weight excluding hydrogens is 344 g/mol. The third kappa shape index (κ3) is 4.71. The molecule has 1 aliphatic heterocycles. The number of anilines is 1. The molecule has 0 bridgehead atoms. The van der Waals surface area contributed by atoms with Crippen molar-refractivity contribution in [2.24, 2.45) is 5.92 Å². The highest BCUT2D eigenvalue weighted by Gasteiger charge is 2.27. The van der Waals surface area contributed by atoms with Gasteiger partial charge in [0.25, 0.3) is 0 Å². The van der Waals surface area contributed by atoms with Crippen molar-refractivity contribution in [1.82, 2.24) is 4.31 Å². The number of amides is 1. The molecule has 0 saturated carbocycles. The van der Waals surface area contributed by atoms with E-state index in [0.717, 1.165) is 12.8 Å². The van der Waals surface area contributed by atoms with Gasteiger partial charge in [-0.05, 0) is 24.6 Å². The quantitative estimate of drug-likeness (QED) is 0.794. The van der Waals surface area contributed by atoms with Crippen LogP contribution in [-0.4, -0.2) is 52.0 Å². The first-order chi connectivity index (χ1) is 11.9. The van der Waals surface area contributed by atoms with Gasteiger partial charge < -0.3 is 14.8 Å². The molecule has 1 amide bonds. The topological polar surface area (TPSA) is 84.9 Å². The van der Waals surface area contributed by atoms with Crippen LogP contribution < -0.4 is 10.1 Å². The maximum atomic E-state index is 12.8. The maximum Gasteiger partial charge on any atom is 0.243 e. The lowest BCUT2D eigenvalue weighted by Crippen LogP contribution is -2.40. The van der Waals surface area contributed by atoms with E-state index in [1.54, 1.807) is 6.07 Å². The molecule has 140 valence electrons. The minimum Gasteiger partial charge on any atom is -0.495 e. The lowest BCUT2D eigenvalue weighted by molar-refractivity contribution is -0.119.